The number of hydrogen-bond donors (Lipinski definition) is 1. The van der Waals surface area contributed by atoms with E-state index in [0.29, 0.717) is 5.75 Å². The van der Waals surface area contributed by atoms with E-state index in [1.807, 2.05) is 19.2 Å². The van der Waals surface area contributed by atoms with Crippen LogP contribution < -0.4 is 10.1 Å². The predicted molar refractivity (Wildman–Crippen MR) is 107 cm³/mol. The molecule has 8 heteroatoms. The molecule has 7 nitrogen and oxygen atoms in total. The second kappa shape index (κ2) is 10.5. The van der Waals surface area contributed by atoms with Crippen LogP contribution in [0, 0.1) is 10.1 Å². The maximum absolute atomic E-state index is 11.6. The molecule has 0 saturated carbocycles. The summed E-state index contributed by atoms with van der Waals surface area (Å²) in [6.45, 7) is 0. The van der Waals surface area contributed by atoms with Gasteiger partial charge in [0.2, 0.25) is 0 Å². The predicted octanol–water partition coefficient (Wildman–Crippen LogP) is 3.97. The first-order valence-corrected chi connectivity index (χ1v) is 8.30. The zero-order valence-corrected chi connectivity index (χ0v) is 16.4. The standard InChI is InChI=1S/C19H23N3O4.ClH/c1-20-18(13-6-14-4-9-16(10-5-14)22(24)25)15-7-11-17(12-8-15)26-19(23)21(2)3;/h4-5,7-12,18,20H,6,13H2,1-3H3;1H. The molecule has 0 spiro atoms. The molecule has 0 bridgehead atoms. The van der Waals surface area contributed by atoms with Crippen molar-refractivity contribution in [2.45, 2.75) is 18.9 Å². The topological polar surface area (TPSA) is 84.7 Å². The van der Waals surface area contributed by atoms with Crippen molar-refractivity contribution in [1.29, 1.82) is 0 Å². The van der Waals surface area contributed by atoms with Gasteiger partial charge in [0.05, 0.1) is 4.92 Å². The molecule has 2 rings (SSSR count). The maximum atomic E-state index is 11.6. The number of carbonyl (C=O) groups is 1. The lowest BCUT2D eigenvalue weighted by Gasteiger charge is -2.17. The molecule has 1 N–H and O–H groups in total. The van der Waals surface area contributed by atoms with Gasteiger partial charge in [0.15, 0.2) is 0 Å². The number of non-ortho nitro benzene ring substituents is 1. The molecule has 0 saturated heterocycles. The Morgan fingerprint density at radius 3 is 2.22 bits per heavy atom. The lowest BCUT2D eigenvalue weighted by atomic mass is 9.99. The molecule has 1 amide bonds. The second-order valence-corrected chi connectivity index (χ2v) is 6.13. The summed E-state index contributed by atoms with van der Waals surface area (Å²) in [6, 6.07) is 14.1. The number of rotatable bonds is 7. The molecule has 1 atom stereocenters. The highest BCUT2D eigenvalue weighted by Gasteiger charge is 2.12. The van der Waals surface area contributed by atoms with E-state index >= 15 is 0 Å². The third kappa shape index (κ3) is 6.54. The fraction of sp³-hybridized carbons (Fsp3) is 0.316. The first kappa shape index (κ1) is 22.4. The van der Waals surface area contributed by atoms with Crippen LogP contribution in [0.4, 0.5) is 10.5 Å². The number of hydrogen-bond acceptors (Lipinski definition) is 5. The minimum atomic E-state index is -0.416. The molecule has 0 aliphatic carbocycles. The van der Waals surface area contributed by atoms with Crippen LogP contribution in [0.3, 0.4) is 0 Å². The van der Waals surface area contributed by atoms with E-state index in [-0.39, 0.29) is 24.1 Å². The Morgan fingerprint density at radius 2 is 1.74 bits per heavy atom. The highest BCUT2D eigenvalue weighted by Crippen LogP contribution is 2.23. The van der Waals surface area contributed by atoms with Crippen molar-refractivity contribution in [3.8, 4) is 5.75 Å². The summed E-state index contributed by atoms with van der Waals surface area (Å²) in [5.74, 6) is 0.498. The average Bonchev–Trinajstić information content (AvgIpc) is 2.63. The van der Waals surface area contributed by atoms with Crippen molar-refractivity contribution in [1.82, 2.24) is 10.2 Å². The zero-order valence-electron chi connectivity index (χ0n) is 15.5. The Balaban J connectivity index is 0.00000364. The van der Waals surface area contributed by atoms with Gasteiger partial charge in [-0.3, -0.25) is 10.1 Å². The molecule has 0 aliphatic rings. The van der Waals surface area contributed by atoms with Crippen LogP contribution in [0.1, 0.15) is 23.6 Å². The molecule has 0 aliphatic heterocycles. The Labute approximate surface area is 164 Å². The van der Waals surface area contributed by atoms with E-state index < -0.39 is 11.0 Å². The number of benzene rings is 2. The van der Waals surface area contributed by atoms with Crippen LogP contribution in [0.2, 0.25) is 0 Å². The van der Waals surface area contributed by atoms with Crippen LogP contribution in [-0.2, 0) is 6.42 Å². The van der Waals surface area contributed by atoms with Crippen molar-refractivity contribution in [2.24, 2.45) is 0 Å². The van der Waals surface area contributed by atoms with Crippen LogP contribution in [-0.4, -0.2) is 37.1 Å². The number of halogens is 1. The number of nitro groups is 1. The molecule has 2 aromatic carbocycles. The summed E-state index contributed by atoms with van der Waals surface area (Å²) in [7, 11) is 5.15. The molecule has 0 fully saturated rings. The zero-order chi connectivity index (χ0) is 19.1. The van der Waals surface area contributed by atoms with Gasteiger partial charge in [0.1, 0.15) is 5.75 Å². The average molecular weight is 394 g/mol. The molecular formula is C19H24ClN3O4. The largest absolute Gasteiger partial charge is 0.414 e. The second-order valence-electron chi connectivity index (χ2n) is 6.13. The third-order valence-corrected chi connectivity index (χ3v) is 4.07. The summed E-state index contributed by atoms with van der Waals surface area (Å²) in [6.07, 6.45) is 1.22. The van der Waals surface area contributed by atoms with Gasteiger partial charge < -0.3 is 15.0 Å². The molecule has 0 heterocycles. The van der Waals surface area contributed by atoms with Gasteiger partial charge in [0.25, 0.3) is 5.69 Å². The number of carbonyl (C=O) groups excluding carboxylic acids is 1. The molecule has 0 aromatic heterocycles. The molecule has 0 radical (unpaired) electrons. The number of amides is 1. The number of nitrogens with zero attached hydrogens (tertiary/aromatic N) is 2. The number of nitrogens with one attached hydrogen (secondary N) is 1. The smallest absolute Gasteiger partial charge is 0.410 e. The first-order valence-electron chi connectivity index (χ1n) is 8.30. The van der Waals surface area contributed by atoms with Gasteiger partial charge in [-0.05, 0) is 43.1 Å². The van der Waals surface area contributed by atoms with Crippen molar-refractivity contribution in [3.05, 3.63) is 69.8 Å². The van der Waals surface area contributed by atoms with Crippen LogP contribution in [0.15, 0.2) is 48.5 Å². The highest BCUT2D eigenvalue weighted by atomic mass is 35.5. The van der Waals surface area contributed by atoms with Gasteiger partial charge in [0, 0.05) is 32.3 Å². The summed E-state index contributed by atoms with van der Waals surface area (Å²) < 4.78 is 5.22. The van der Waals surface area contributed by atoms with Crippen LogP contribution in [0.25, 0.3) is 0 Å². The van der Waals surface area contributed by atoms with Crippen molar-refractivity contribution < 1.29 is 14.5 Å². The van der Waals surface area contributed by atoms with Crippen molar-refractivity contribution in [2.75, 3.05) is 21.1 Å². The van der Waals surface area contributed by atoms with Crippen molar-refractivity contribution in [3.63, 3.8) is 0 Å². The van der Waals surface area contributed by atoms with Gasteiger partial charge >= 0.3 is 6.09 Å². The molecule has 2 aromatic rings. The van der Waals surface area contributed by atoms with E-state index in [4.69, 9.17) is 4.74 Å². The molecular weight excluding hydrogens is 370 g/mol. The molecule has 1 unspecified atom stereocenters. The van der Waals surface area contributed by atoms with E-state index in [9.17, 15) is 14.9 Å². The van der Waals surface area contributed by atoms with Crippen LogP contribution in [0.5, 0.6) is 5.75 Å². The van der Waals surface area contributed by atoms with Gasteiger partial charge in [-0.2, -0.15) is 0 Å². The lowest BCUT2D eigenvalue weighted by Crippen LogP contribution is -2.25. The maximum Gasteiger partial charge on any atom is 0.414 e. The summed E-state index contributed by atoms with van der Waals surface area (Å²) in [5.41, 5.74) is 2.23. The van der Waals surface area contributed by atoms with E-state index in [1.54, 1.807) is 38.4 Å². The van der Waals surface area contributed by atoms with Crippen molar-refractivity contribution >= 4 is 24.2 Å². The Morgan fingerprint density at radius 1 is 1.15 bits per heavy atom. The number of ether oxygens (including phenoxy) is 1. The first-order chi connectivity index (χ1) is 12.4. The normalized spacial score (nSPS) is 11.2. The summed E-state index contributed by atoms with van der Waals surface area (Å²) in [4.78, 5) is 23.2. The van der Waals surface area contributed by atoms with Gasteiger partial charge in [-0.1, -0.05) is 24.3 Å². The fourth-order valence-corrected chi connectivity index (χ4v) is 2.53. The fourth-order valence-electron chi connectivity index (χ4n) is 2.53. The molecule has 27 heavy (non-hydrogen) atoms. The van der Waals surface area contributed by atoms with Crippen LogP contribution >= 0.6 is 12.4 Å². The van der Waals surface area contributed by atoms with Gasteiger partial charge in [-0.15, -0.1) is 12.4 Å². The Bertz CT molecular complexity index is 749. The van der Waals surface area contributed by atoms with E-state index in [1.165, 1.54) is 17.0 Å². The Kier molecular flexibility index (Phi) is 8.71. The number of nitro benzene ring substituents is 1. The summed E-state index contributed by atoms with van der Waals surface area (Å²) in [5, 5.41) is 14.0. The SMILES string of the molecule is CNC(CCc1ccc([N+](=O)[O-])cc1)c1ccc(OC(=O)N(C)C)cc1.Cl. The highest BCUT2D eigenvalue weighted by molar-refractivity contribution is 5.85. The monoisotopic (exact) mass is 393 g/mol. The van der Waals surface area contributed by atoms with E-state index in [0.717, 1.165) is 24.0 Å². The minimum absolute atomic E-state index is 0. The Hall–Kier alpha value is -2.64. The van der Waals surface area contributed by atoms with Gasteiger partial charge in [-0.25, -0.2) is 4.79 Å². The summed E-state index contributed by atoms with van der Waals surface area (Å²) >= 11 is 0. The third-order valence-electron chi connectivity index (χ3n) is 4.07. The minimum Gasteiger partial charge on any atom is -0.410 e. The molecule has 146 valence electrons. The quantitative estimate of drug-likeness (QED) is 0.568. The van der Waals surface area contributed by atoms with E-state index in [2.05, 4.69) is 5.32 Å². The number of aryl methyl sites for hydroxylation is 1. The lowest BCUT2D eigenvalue weighted by molar-refractivity contribution is -0.384.